The molecule has 2 N–H and O–H groups in total. The molecule has 0 heterocycles. The van der Waals surface area contributed by atoms with Crippen LogP contribution in [0.1, 0.15) is 24.0 Å². The first-order chi connectivity index (χ1) is 13.7. The van der Waals surface area contributed by atoms with Crippen LogP contribution in [0, 0.1) is 13.8 Å². The lowest BCUT2D eigenvalue weighted by atomic mass is 10.2. The summed E-state index contributed by atoms with van der Waals surface area (Å²) in [7, 11) is 0. The molecule has 0 aliphatic carbocycles. The number of carbonyl (C=O) groups is 2. The molecule has 29 heavy (non-hydrogen) atoms. The third kappa shape index (κ3) is 7.03. The molecule has 2 aromatic rings. The van der Waals surface area contributed by atoms with E-state index in [9.17, 15) is 9.59 Å². The first-order valence-electron chi connectivity index (χ1n) is 8.64. The zero-order valence-corrected chi connectivity index (χ0v) is 18.2. The van der Waals surface area contributed by atoms with Crippen molar-refractivity contribution in [3.05, 3.63) is 45.4 Å². The maximum Gasteiger partial charge on any atom is 0.306 e. The minimum Gasteiger partial charge on any atom is -0.491 e. The van der Waals surface area contributed by atoms with Crippen molar-refractivity contribution in [1.29, 1.82) is 0 Å². The Morgan fingerprint density at radius 1 is 0.828 bits per heavy atom. The molecule has 2 aromatic carbocycles. The van der Waals surface area contributed by atoms with Crippen LogP contribution < -0.4 is 9.47 Å². The second kappa shape index (κ2) is 10.6. The number of rotatable bonds is 10. The number of halogens is 2. The zero-order valence-electron chi connectivity index (χ0n) is 15.8. The Bertz CT molecular complexity index is 796. The molecule has 0 atom stereocenters. The van der Waals surface area contributed by atoms with Gasteiger partial charge in [0.2, 0.25) is 0 Å². The van der Waals surface area contributed by atoms with Crippen molar-refractivity contribution in [2.45, 2.75) is 36.5 Å². The van der Waals surface area contributed by atoms with Gasteiger partial charge in [-0.05, 0) is 49.2 Å². The standard InChI is InChI=1S/C20H20Cl2O6S/c1-11-7-13(9-15(21)19(11)27-5-3-17(23)24)29-14-8-12(2)20(16(22)10-14)28-6-4-18(25)26/h7-10H,3-6H2,1-2H3,(H,23,24)(H,25,26). The summed E-state index contributed by atoms with van der Waals surface area (Å²) in [6.45, 7) is 3.76. The largest absolute Gasteiger partial charge is 0.491 e. The molecule has 0 aliphatic heterocycles. The van der Waals surface area contributed by atoms with Crippen molar-refractivity contribution in [3.8, 4) is 11.5 Å². The van der Waals surface area contributed by atoms with Crippen LogP contribution in [0.2, 0.25) is 10.0 Å². The summed E-state index contributed by atoms with van der Waals surface area (Å²) < 4.78 is 11.0. The van der Waals surface area contributed by atoms with Crippen molar-refractivity contribution in [2.24, 2.45) is 0 Å². The Morgan fingerprint density at radius 3 is 1.52 bits per heavy atom. The fourth-order valence-corrected chi connectivity index (χ4v) is 4.37. The maximum absolute atomic E-state index is 10.6. The summed E-state index contributed by atoms with van der Waals surface area (Å²) in [6, 6.07) is 7.28. The Balaban J connectivity index is 2.13. The van der Waals surface area contributed by atoms with Crippen LogP contribution in [-0.2, 0) is 9.59 Å². The number of hydrogen-bond acceptors (Lipinski definition) is 5. The number of aryl methyl sites for hydroxylation is 2. The number of aliphatic carboxylic acids is 2. The first-order valence-corrected chi connectivity index (χ1v) is 10.2. The Kier molecular flexibility index (Phi) is 8.49. The summed E-state index contributed by atoms with van der Waals surface area (Å²) in [5.74, 6) is -0.940. The third-order valence-electron chi connectivity index (χ3n) is 3.77. The average molecular weight is 459 g/mol. The van der Waals surface area contributed by atoms with Gasteiger partial charge in [0.15, 0.2) is 0 Å². The lowest BCUT2D eigenvalue weighted by molar-refractivity contribution is -0.138. The molecule has 0 fully saturated rings. The van der Waals surface area contributed by atoms with E-state index in [-0.39, 0.29) is 26.1 Å². The van der Waals surface area contributed by atoms with Gasteiger partial charge in [0, 0.05) is 9.79 Å². The van der Waals surface area contributed by atoms with Crippen LogP contribution in [0.4, 0.5) is 0 Å². The third-order valence-corrected chi connectivity index (χ3v) is 5.27. The molecule has 0 aliphatic rings. The topological polar surface area (TPSA) is 93.1 Å². The van der Waals surface area contributed by atoms with Crippen LogP contribution in [0.3, 0.4) is 0 Å². The molecule has 0 amide bonds. The second-order valence-corrected chi connectivity index (χ2v) is 8.15. The monoisotopic (exact) mass is 458 g/mol. The van der Waals surface area contributed by atoms with Gasteiger partial charge in [0.1, 0.15) is 11.5 Å². The summed E-state index contributed by atoms with van der Waals surface area (Å²) in [6.07, 6.45) is -0.212. The van der Waals surface area contributed by atoms with E-state index in [0.717, 1.165) is 20.9 Å². The molecule has 2 rings (SSSR count). The Hall–Kier alpha value is -2.09. The minimum absolute atomic E-state index is 0.0422. The molecule has 0 radical (unpaired) electrons. The normalized spacial score (nSPS) is 10.6. The molecular formula is C20H20Cl2O6S. The van der Waals surface area contributed by atoms with Crippen molar-refractivity contribution < 1.29 is 29.3 Å². The van der Waals surface area contributed by atoms with E-state index >= 15 is 0 Å². The van der Waals surface area contributed by atoms with E-state index < -0.39 is 11.9 Å². The smallest absolute Gasteiger partial charge is 0.306 e. The van der Waals surface area contributed by atoms with Gasteiger partial charge in [0.25, 0.3) is 0 Å². The molecule has 0 aromatic heterocycles. The molecule has 6 nitrogen and oxygen atoms in total. The SMILES string of the molecule is Cc1cc(Sc2cc(C)c(OCCC(=O)O)c(Cl)c2)cc(Cl)c1OCCC(=O)O. The highest BCUT2D eigenvalue weighted by Gasteiger charge is 2.13. The predicted molar refractivity (Wildman–Crippen MR) is 112 cm³/mol. The molecule has 0 spiro atoms. The molecule has 0 saturated heterocycles. The van der Waals surface area contributed by atoms with Crippen molar-refractivity contribution in [2.75, 3.05) is 13.2 Å². The van der Waals surface area contributed by atoms with Crippen molar-refractivity contribution in [1.82, 2.24) is 0 Å². The molecule has 156 valence electrons. The highest BCUT2D eigenvalue weighted by atomic mass is 35.5. The highest BCUT2D eigenvalue weighted by molar-refractivity contribution is 7.99. The molecule has 0 saturated carbocycles. The second-order valence-electron chi connectivity index (χ2n) is 6.19. The summed E-state index contributed by atoms with van der Waals surface area (Å²) >= 11 is 14.1. The Labute approximate surface area is 182 Å². The number of hydrogen-bond donors (Lipinski definition) is 2. The quantitative estimate of drug-likeness (QED) is 0.487. The predicted octanol–water partition coefficient (Wildman–Crippen LogP) is 5.47. The van der Waals surface area contributed by atoms with Gasteiger partial charge < -0.3 is 19.7 Å². The number of carboxylic acids is 2. The number of carboxylic acid groups (broad SMARTS) is 2. The Morgan fingerprint density at radius 2 is 1.21 bits per heavy atom. The van der Waals surface area contributed by atoms with Crippen molar-refractivity contribution >= 4 is 46.9 Å². The summed E-state index contributed by atoms with van der Waals surface area (Å²) in [5, 5.41) is 18.2. The van der Waals surface area contributed by atoms with E-state index in [1.54, 1.807) is 12.1 Å². The average Bonchev–Trinajstić information content (AvgIpc) is 2.59. The summed E-state index contributed by atoms with van der Waals surface area (Å²) in [5.41, 5.74) is 1.59. The molecule has 9 heteroatoms. The van der Waals surface area contributed by atoms with Crippen molar-refractivity contribution in [3.63, 3.8) is 0 Å². The van der Waals surface area contributed by atoms with Gasteiger partial charge in [-0.15, -0.1) is 0 Å². The van der Waals surface area contributed by atoms with Gasteiger partial charge in [-0.2, -0.15) is 0 Å². The fraction of sp³-hybridized carbons (Fsp3) is 0.300. The van der Waals surface area contributed by atoms with Crippen LogP contribution in [0.15, 0.2) is 34.1 Å². The maximum atomic E-state index is 10.6. The highest BCUT2D eigenvalue weighted by Crippen LogP contribution is 2.40. The fourth-order valence-electron chi connectivity index (χ4n) is 2.50. The summed E-state index contributed by atoms with van der Waals surface area (Å²) in [4.78, 5) is 23.0. The first kappa shape index (κ1) is 23.2. The van der Waals surface area contributed by atoms with E-state index in [4.69, 9.17) is 42.9 Å². The van der Waals surface area contributed by atoms with E-state index in [1.807, 2.05) is 26.0 Å². The lowest BCUT2D eigenvalue weighted by Gasteiger charge is -2.14. The number of benzene rings is 2. The van der Waals surface area contributed by atoms with Crippen LogP contribution in [0.25, 0.3) is 0 Å². The van der Waals surface area contributed by atoms with Gasteiger partial charge in [0.05, 0.1) is 36.1 Å². The van der Waals surface area contributed by atoms with Gasteiger partial charge in [-0.3, -0.25) is 9.59 Å². The van der Waals surface area contributed by atoms with E-state index in [1.165, 1.54) is 11.8 Å². The minimum atomic E-state index is -0.936. The molecule has 0 unspecified atom stereocenters. The van der Waals surface area contributed by atoms with Gasteiger partial charge in [-0.25, -0.2) is 0 Å². The molecule has 0 bridgehead atoms. The lowest BCUT2D eigenvalue weighted by Crippen LogP contribution is -2.06. The molecular weight excluding hydrogens is 439 g/mol. The van der Waals surface area contributed by atoms with E-state index in [2.05, 4.69) is 0 Å². The zero-order chi connectivity index (χ0) is 21.6. The number of ether oxygens (including phenoxy) is 2. The van der Waals surface area contributed by atoms with Crippen LogP contribution >= 0.6 is 35.0 Å². The van der Waals surface area contributed by atoms with Gasteiger partial charge >= 0.3 is 11.9 Å². The van der Waals surface area contributed by atoms with Crippen LogP contribution in [0.5, 0.6) is 11.5 Å². The van der Waals surface area contributed by atoms with Gasteiger partial charge in [-0.1, -0.05) is 35.0 Å². The van der Waals surface area contributed by atoms with Crippen LogP contribution in [-0.4, -0.2) is 35.4 Å². The van der Waals surface area contributed by atoms with E-state index in [0.29, 0.717) is 21.5 Å².